The van der Waals surface area contributed by atoms with E-state index in [1.54, 1.807) is 0 Å². The largest absolute Gasteiger partial charge is 0.492 e. The van der Waals surface area contributed by atoms with E-state index in [9.17, 15) is 0 Å². The zero-order chi connectivity index (χ0) is 11.3. The highest BCUT2D eigenvalue weighted by Crippen LogP contribution is 2.23. The average Bonchev–Trinajstić information content (AvgIpc) is 2.20. The van der Waals surface area contributed by atoms with Crippen LogP contribution in [0.25, 0.3) is 0 Å². The van der Waals surface area contributed by atoms with Gasteiger partial charge < -0.3 is 10.5 Å². The van der Waals surface area contributed by atoms with Gasteiger partial charge in [-0.15, -0.1) is 0 Å². The van der Waals surface area contributed by atoms with Crippen LogP contribution in [0.1, 0.15) is 20.3 Å². The van der Waals surface area contributed by atoms with Crippen molar-refractivity contribution in [2.24, 2.45) is 11.7 Å². The molecule has 1 aromatic carbocycles. The molecule has 0 aromatic heterocycles. The van der Waals surface area contributed by atoms with Crippen LogP contribution in [0.3, 0.4) is 0 Å². The van der Waals surface area contributed by atoms with Crippen molar-refractivity contribution < 1.29 is 4.74 Å². The lowest BCUT2D eigenvalue weighted by Gasteiger charge is -2.15. The maximum Gasteiger partial charge on any atom is 0.137 e. The topological polar surface area (TPSA) is 35.2 Å². The molecule has 0 heterocycles. The zero-order valence-electron chi connectivity index (χ0n) is 9.24. The fraction of sp³-hybridized carbons (Fsp3) is 0.500. The van der Waals surface area contributed by atoms with Gasteiger partial charge >= 0.3 is 0 Å². The lowest BCUT2D eigenvalue weighted by atomic mass is 10.0. The van der Waals surface area contributed by atoms with Gasteiger partial charge in [-0.05, 0) is 24.5 Å². The Labute approximate surface area is 96.4 Å². The summed E-state index contributed by atoms with van der Waals surface area (Å²) < 4.78 is 5.55. The second-order valence-electron chi connectivity index (χ2n) is 3.98. The number of rotatable bonds is 5. The first-order chi connectivity index (χ1) is 7.11. The third-order valence-corrected chi connectivity index (χ3v) is 2.71. The molecule has 0 fully saturated rings. The number of halogens is 1. The van der Waals surface area contributed by atoms with E-state index in [1.807, 2.05) is 24.3 Å². The SMILES string of the molecule is CC(C)C(N)CCOc1ccccc1Cl. The first-order valence-electron chi connectivity index (χ1n) is 5.24. The third-order valence-electron chi connectivity index (χ3n) is 2.40. The number of nitrogens with two attached hydrogens (primary N) is 1. The number of para-hydroxylation sites is 1. The highest BCUT2D eigenvalue weighted by Gasteiger charge is 2.07. The Morgan fingerprint density at radius 3 is 2.60 bits per heavy atom. The van der Waals surface area contributed by atoms with Gasteiger partial charge in [-0.3, -0.25) is 0 Å². The Bertz CT molecular complexity index is 301. The molecular formula is C12H18ClNO. The van der Waals surface area contributed by atoms with Crippen LogP contribution in [0.2, 0.25) is 5.02 Å². The number of ether oxygens (including phenoxy) is 1. The van der Waals surface area contributed by atoms with E-state index in [4.69, 9.17) is 22.1 Å². The zero-order valence-corrected chi connectivity index (χ0v) is 10.00. The Kier molecular flexibility index (Phi) is 4.92. The quantitative estimate of drug-likeness (QED) is 0.839. The number of hydrogen-bond donors (Lipinski definition) is 1. The summed E-state index contributed by atoms with van der Waals surface area (Å²) in [5.41, 5.74) is 5.91. The molecule has 3 heteroatoms. The molecule has 0 saturated heterocycles. The van der Waals surface area contributed by atoms with Crippen molar-refractivity contribution in [3.8, 4) is 5.75 Å². The molecule has 0 spiro atoms. The molecule has 0 aliphatic carbocycles. The first-order valence-corrected chi connectivity index (χ1v) is 5.62. The third kappa shape index (κ3) is 4.10. The molecule has 2 nitrogen and oxygen atoms in total. The summed E-state index contributed by atoms with van der Waals surface area (Å²) in [7, 11) is 0. The van der Waals surface area contributed by atoms with Crippen molar-refractivity contribution in [2.45, 2.75) is 26.3 Å². The Hall–Kier alpha value is -0.730. The second kappa shape index (κ2) is 5.99. The molecule has 1 rings (SSSR count). The fourth-order valence-corrected chi connectivity index (χ4v) is 1.39. The van der Waals surface area contributed by atoms with Crippen LogP contribution in [0.4, 0.5) is 0 Å². The minimum Gasteiger partial charge on any atom is -0.492 e. The van der Waals surface area contributed by atoms with Gasteiger partial charge in [-0.25, -0.2) is 0 Å². The average molecular weight is 228 g/mol. The van der Waals surface area contributed by atoms with Gasteiger partial charge in [-0.1, -0.05) is 37.6 Å². The Morgan fingerprint density at radius 2 is 2.00 bits per heavy atom. The summed E-state index contributed by atoms with van der Waals surface area (Å²) >= 11 is 5.95. The Balaban J connectivity index is 2.35. The summed E-state index contributed by atoms with van der Waals surface area (Å²) in [5, 5.41) is 0.649. The van der Waals surface area contributed by atoms with Gasteiger partial charge in [-0.2, -0.15) is 0 Å². The maximum atomic E-state index is 5.95. The van der Waals surface area contributed by atoms with Gasteiger partial charge in [0.05, 0.1) is 11.6 Å². The lowest BCUT2D eigenvalue weighted by Crippen LogP contribution is -2.28. The number of hydrogen-bond acceptors (Lipinski definition) is 2. The molecule has 1 atom stereocenters. The van der Waals surface area contributed by atoms with Crippen molar-refractivity contribution in [3.05, 3.63) is 29.3 Å². The molecule has 15 heavy (non-hydrogen) atoms. The molecule has 2 N–H and O–H groups in total. The van der Waals surface area contributed by atoms with Crippen LogP contribution in [0, 0.1) is 5.92 Å². The molecule has 84 valence electrons. The molecule has 1 unspecified atom stereocenters. The van der Waals surface area contributed by atoms with E-state index in [0.717, 1.165) is 12.2 Å². The van der Waals surface area contributed by atoms with Gasteiger partial charge in [0, 0.05) is 6.04 Å². The van der Waals surface area contributed by atoms with Gasteiger partial charge in [0.25, 0.3) is 0 Å². The summed E-state index contributed by atoms with van der Waals surface area (Å²) in [5.74, 6) is 1.22. The molecular weight excluding hydrogens is 210 g/mol. The van der Waals surface area contributed by atoms with Gasteiger partial charge in [0.2, 0.25) is 0 Å². The summed E-state index contributed by atoms with van der Waals surface area (Å²) in [4.78, 5) is 0. The first kappa shape index (κ1) is 12.3. The van der Waals surface area contributed by atoms with Crippen LogP contribution in [-0.2, 0) is 0 Å². The molecule has 0 aliphatic heterocycles. The van der Waals surface area contributed by atoms with Gasteiger partial charge in [0.1, 0.15) is 5.75 Å². The van der Waals surface area contributed by atoms with Crippen LogP contribution >= 0.6 is 11.6 Å². The Morgan fingerprint density at radius 1 is 1.33 bits per heavy atom. The van der Waals surface area contributed by atoms with Crippen LogP contribution in [-0.4, -0.2) is 12.6 Å². The molecule has 0 aliphatic rings. The minimum absolute atomic E-state index is 0.187. The predicted octanol–water partition coefficient (Wildman–Crippen LogP) is 3.09. The summed E-state index contributed by atoms with van der Waals surface area (Å²) in [6, 6.07) is 7.66. The van der Waals surface area contributed by atoms with Crippen LogP contribution in [0.5, 0.6) is 5.75 Å². The van der Waals surface area contributed by atoms with E-state index < -0.39 is 0 Å². The molecule has 1 aromatic rings. The number of benzene rings is 1. The monoisotopic (exact) mass is 227 g/mol. The lowest BCUT2D eigenvalue weighted by molar-refractivity contribution is 0.282. The highest BCUT2D eigenvalue weighted by molar-refractivity contribution is 6.32. The molecule has 0 saturated carbocycles. The maximum absolute atomic E-state index is 5.95. The summed E-state index contributed by atoms with van der Waals surface area (Å²) in [6.07, 6.45) is 0.850. The minimum atomic E-state index is 0.187. The van der Waals surface area contributed by atoms with Gasteiger partial charge in [0.15, 0.2) is 0 Å². The predicted molar refractivity (Wildman–Crippen MR) is 64.4 cm³/mol. The van der Waals surface area contributed by atoms with Crippen molar-refractivity contribution in [2.75, 3.05) is 6.61 Å². The normalized spacial score (nSPS) is 12.9. The highest BCUT2D eigenvalue weighted by atomic mass is 35.5. The van der Waals surface area contributed by atoms with E-state index in [2.05, 4.69) is 13.8 Å². The second-order valence-corrected chi connectivity index (χ2v) is 4.38. The van der Waals surface area contributed by atoms with E-state index in [0.29, 0.717) is 17.5 Å². The smallest absolute Gasteiger partial charge is 0.137 e. The summed E-state index contributed by atoms with van der Waals surface area (Å²) in [6.45, 7) is 4.84. The van der Waals surface area contributed by atoms with Crippen molar-refractivity contribution >= 4 is 11.6 Å². The van der Waals surface area contributed by atoms with Crippen molar-refractivity contribution in [3.63, 3.8) is 0 Å². The van der Waals surface area contributed by atoms with Crippen molar-refractivity contribution in [1.82, 2.24) is 0 Å². The standard InChI is InChI=1S/C12H18ClNO/c1-9(2)11(14)7-8-15-12-6-4-3-5-10(12)13/h3-6,9,11H,7-8,14H2,1-2H3. The van der Waals surface area contributed by atoms with Crippen LogP contribution in [0.15, 0.2) is 24.3 Å². The van der Waals surface area contributed by atoms with Crippen molar-refractivity contribution in [1.29, 1.82) is 0 Å². The fourth-order valence-electron chi connectivity index (χ4n) is 1.20. The molecule has 0 bridgehead atoms. The molecule has 0 amide bonds. The van der Waals surface area contributed by atoms with Crippen LogP contribution < -0.4 is 10.5 Å². The van der Waals surface area contributed by atoms with E-state index >= 15 is 0 Å². The van der Waals surface area contributed by atoms with E-state index in [1.165, 1.54) is 0 Å². The van der Waals surface area contributed by atoms with E-state index in [-0.39, 0.29) is 6.04 Å². The molecule has 0 radical (unpaired) electrons.